The second kappa shape index (κ2) is 1.65. The summed E-state index contributed by atoms with van der Waals surface area (Å²) >= 11 is 0. The van der Waals surface area contributed by atoms with Gasteiger partial charge < -0.3 is 4.74 Å². The van der Waals surface area contributed by atoms with Crippen molar-refractivity contribution in [1.29, 1.82) is 0 Å². The summed E-state index contributed by atoms with van der Waals surface area (Å²) in [6, 6.07) is 0. The first kappa shape index (κ1) is 5.36. The molecule has 4 atom stereocenters. The molecule has 0 aromatic carbocycles. The molecule has 1 heteroatoms. The van der Waals surface area contributed by atoms with Gasteiger partial charge in [-0.2, -0.15) is 0 Å². The minimum atomic E-state index is 0.512. The van der Waals surface area contributed by atoms with E-state index < -0.39 is 0 Å². The zero-order valence-corrected chi connectivity index (χ0v) is 5.99. The first-order valence-corrected chi connectivity index (χ1v) is 4.25. The van der Waals surface area contributed by atoms with Crippen molar-refractivity contribution in [2.24, 2.45) is 17.8 Å². The molecule has 2 aliphatic carbocycles. The van der Waals surface area contributed by atoms with Crippen molar-refractivity contribution >= 4 is 0 Å². The zero-order valence-electron chi connectivity index (χ0n) is 5.99. The Morgan fingerprint density at radius 3 is 3.20 bits per heavy atom. The number of rotatable bonds is 0. The number of allylic oxidation sites excluding steroid dienone is 1. The van der Waals surface area contributed by atoms with Gasteiger partial charge in [-0.05, 0) is 30.6 Å². The van der Waals surface area contributed by atoms with Crippen LogP contribution in [0.25, 0.3) is 0 Å². The molecule has 2 fully saturated rings. The lowest BCUT2D eigenvalue weighted by molar-refractivity contribution is 0.122. The average Bonchev–Trinajstić information content (AvgIpc) is 2.56. The van der Waals surface area contributed by atoms with Gasteiger partial charge in [0.1, 0.15) is 0 Å². The highest BCUT2D eigenvalue weighted by Gasteiger charge is 2.47. The van der Waals surface area contributed by atoms with Gasteiger partial charge in [0, 0.05) is 0 Å². The summed E-state index contributed by atoms with van der Waals surface area (Å²) in [6.45, 7) is 1.04. The molecule has 1 aliphatic heterocycles. The van der Waals surface area contributed by atoms with Gasteiger partial charge in [-0.1, -0.05) is 12.2 Å². The largest absolute Gasteiger partial charge is 0.374 e. The monoisotopic (exact) mass is 136 g/mol. The third kappa shape index (κ3) is 0.485. The Morgan fingerprint density at radius 2 is 2.20 bits per heavy atom. The summed E-state index contributed by atoms with van der Waals surface area (Å²) in [5.41, 5.74) is 0. The van der Waals surface area contributed by atoms with E-state index in [1.54, 1.807) is 0 Å². The van der Waals surface area contributed by atoms with Crippen molar-refractivity contribution in [3.8, 4) is 0 Å². The summed E-state index contributed by atoms with van der Waals surface area (Å²) in [5.74, 6) is 2.68. The predicted molar refractivity (Wildman–Crippen MR) is 38.6 cm³/mol. The molecule has 1 saturated carbocycles. The molecular weight excluding hydrogens is 124 g/mol. The van der Waals surface area contributed by atoms with E-state index in [1.165, 1.54) is 12.8 Å². The van der Waals surface area contributed by atoms with Gasteiger partial charge in [-0.3, -0.25) is 0 Å². The van der Waals surface area contributed by atoms with Crippen molar-refractivity contribution in [2.45, 2.75) is 18.9 Å². The highest BCUT2D eigenvalue weighted by molar-refractivity contribution is 5.14. The topological polar surface area (TPSA) is 9.23 Å². The fraction of sp³-hybridized carbons (Fsp3) is 0.778. The molecule has 1 nitrogen and oxygen atoms in total. The van der Waals surface area contributed by atoms with Crippen molar-refractivity contribution in [3.05, 3.63) is 12.2 Å². The smallest absolute Gasteiger partial charge is 0.0793 e. The molecular formula is C9H12O. The maximum atomic E-state index is 5.62. The molecule has 0 N–H and O–H groups in total. The van der Waals surface area contributed by atoms with Crippen LogP contribution < -0.4 is 0 Å². The number of hydrogen-bond donors (Lipinski definition) is 0. The van der Waals surface area contributed by atoms with Crippen LogP contribution in [0.4, 0.5) is 0 Å². The minimum Gasteiger partial charge on any atom is -0.374 e. The lowest BCUT2D eigenvalue weighted by atomic mass is 9.93. The molecule has 0 amide bonds. The van der Waals surface area contributed by atoms with Crippen molar-refractivity contribution in [2.75, 3.05) is 6.61 Å². The molecule has 0 aromatic heterocycles. The molecule has 0 aromatic rings. The summed E-state index contributed by atoms with van der Waals surface area (Å²) in [4.78, 5) is 0. The first-order valence-electron chi connectivity index (χ1n) is 4.25. The Morgan fingerprint density at radius 1 is 1.20 bits per heavy atom. The molecule has 0 spiro atoms. The molecule has 1 saturated heterocycles. The normalized spacial score (nSPS) is 56.0. The third-order valence-corrected chi connectivity index (χ3v) is 3.34. The molecule has 54 valence electrons. The van der Waals surface area contributed by atoms with Gasteiger partial charge in [0.25, 0.3) is 0 Å². The highest BCUT2D eigenvalue weighted by Crippen LogP contribution is 2.48. The molecule has 0 bridgehead atoms. The average molecular weight is 136 g/mol. The molecule has 0 unspecified atom stereocenters. The summed E-state index contributed by atoms with van der Waals surface area (Å²) < 4.78 is 5.62. The molecule has 1 heterocycles. The molecule has 3 aliphatic rings. The summed E-state index contributed by atoms with van der Waals surface area (Å²) in [5, 5.41) is 0. The van der Waals surface area contributed by atoms with E-state index in [2.05, 4.69) is 12.2 Å². The van der Waals surface area contributed by atoms with Crippen molar-refractivity contribution in [1.82, 2.24) is 0 Å². The second-order valence-corrected chi connectivity index (χ2v) is 3.76. The Kier molecular flexibility index (Phi) is 0.883. The van der Waals surface area contributed by atoms with Crippen LogP contribution in [0.5, 0.6) is 0 Å². The number of ether oxygens (including phenoxy) is 1. The minimum absolute atomic E-state index is 0.512. The van der Waals surface area contributed by atoms with Crippen LogP contribution in [-0.2, 0) is 4.74 Å². The van der Waals surface area contributed by atoms with Gasteiger partial charge in [0.15, 0.2) is 0 Å². The fourth-order valence-corrected chi connectivity index (χ4v) is 2.85. The van der Waals surface area contributed by atoms with Crippen LogP contribution in [0.1, 0.15) is 12.8 Å². The van der Waals surface area contributed by atoms with Crippen LogP contribution in [0.15, 0.2) is 12.2 Å². The van der Waals surface area contributed by atoms with Crippen molar-refractivity contribution < 1.29 is 4.74 Å². The van der Waals surface area contributed by atoms with Gasteiger partial charge in [0.2, 0.25) is 0 Å². The van der Waals surface area contributed by atoms with E-state index >= 15 is 0 Å². The maximum absolute atomic E-state index is 5.62. The number of hydrogen-bond acceptors (Lipinski definition) is 1. The van der Waals surface area contributed by atoms with Crippen LogP contribution in [-0.4, -0.2) is 12.7 Å². The predicted octanol–water partition coefficient (Wildman–Crippen LogP) is 1.60. The Balaban J connectivity index is 2.01. The second-order valence-electron chi connectivity index (χ2n) is 3.76. The van der Waals surface area contributed by atoms with Crippen molar-refractivity contribution in [3.63, 3.8) is 0 Å². The first-order chi connectivity index (χ1) is 4.95. The molecule has 3 rings (SSSR count). The lowest BCUT2D eigenvalue weighted by Crippen LogP contribution is -2.13. The van der Waals surface area contributed by atoms with Crippen LogP contribution in [0.2, 0.25) is 0 Å². The van der Waals surface area contributed by atoms with Gasteiger partial charge in [0.05, 0.1) is 12.7 Å². The van der Waals surface area contributed by atoms with E-state index in [1.807, 2.05) is 0 Å². The van der Waals surface area contributed by atoms with Crippen LogP contribution in [0, 0.1) is 17.8 Å². The van der Waals surface area contributed by atoms with Gasteiger partial charge in [-0.15, -0.1) is 0 Å². The van der Waals surface area contributed by atoms with E-state index in [9.17, 15) is 0 Å². The van der Waals surface area contributed by atoms with E-state index in [0.717, 1.165) is 24.4 Å². The lowest BCUT2D eigenvalue weighted by Gasteiger charge is -2.10. The molecule has 10 heavy (non-hydrogen) atoms. The highest BCUT2D eigenvalue weighted by atomic mass is 16.5. The quantitative estimate of drug-likeness (QED) is 0.459. The summed E-state index contributed by atoms with van der Waals surface area (Å²) in [7, 11) is 0. The fourth-order valence-electron chi connectivity index (χ4n) is 2.85. The van der Waals surface area contributed by atoms with Crippen LogP contribution >= 0.6 is 0 Å². The standard InChI is InChI=1S/C9H12O/c1-2-7-5-10-8-4-3-6(1)9(7)8/h3-4,6-9H,1-2,5H2/t6-,7+,8+,9+/m1/s1. The molecule has 0 radical (unpaired) electrons. The van der Waals surface area contributed by atoms with Gasteiger partial charge in [-0.25, -0.2) is 0 Å². The maximum Gasteiger partial charge on any atom is 0.0793 e. The third-order valence-electron chi connectivity index (χ3n) is 3.34. The van der Waals surface area contributed by atoms with E-state index in [0.29, 0.717) is 6.10 Å². The zero-order chi connectivity index (χ0) is 6.55. The van der Waals surface area contributed by atoms with E-state index in [-0.39, 0.29) is 0 Å². The van der Waals surface area contributed by atoms with Gasteiger partial charge >= 0.3 is 0 Å². The Labute approximate surface area is 61.1 Å². The van der Waals surface area contributed by atoms with E-state index in [4.69, 9.17) is 4.74 Å². The summed E-state index contributed by atoms with van der Waals surface area (Å²) in [6.07, 6.45) is 7.99. The van der Waals surface area contributed by atoms with Crippen LogP contribution in [0.3, 0.4) is 0 Å². The Bertz CT molecular complexity index is 167. The SMILES string of the molecule is C1=C[C@H]2CC[C@H]3CO[C@@H]1[C@H]32. The Hall–Kier alpha value is -0.300.